The van der Waals surface area contributed by atoms with Crippen molar-refractivity contribution in [2.75, 3.05) is 25.0 Å². The summed E-state index contributed by atoms with van der Waals surface area (Å²) in [4.78, 5) is 10.1. The number of nitrogens with one attached hydrogen (secondary N) is 1. The summed E-state index contributed by atoms with van der Waals surface area (Å²) in [5.41, 5.74) is 2.78. The summed E-state index contributed by atoms with van der Waals surface area (Å²) in [6, 6.07) is 10.2. The largest absolute Gasteiger partial charge is 0.390 e. The molecule has 22 heavy (non-hydrogen) atoms. The molecule has 0 bridgehead atoms. The van der Waals surface area contributed by atoms with Crippen molar-refractivity contribution in [1.82, 2.24) is 14.9 Å². The number of halogens is 1. The number of aliphatic hydroxyl groups is 1. The standard InChI is InChI=1S/C16H19ClN4O/c17-16-18-7-5-15(20-16)19-9-14(22)11-21-8-6-12-3-1-2-4-13(12)10-21/h1-5,7,14,22H,6,8-11H2,(H,18,19,20). The van der Waals surface area contributed by atoms with E-state index in [1.165, 1.54) is 11.1 Å². The molecule has 6 heteroatoms. The van der Waals surface area contributed by atoms with E-state index < -0.39 is 6.10 Å². The zero-order chi connectivity index (χ0) is 15.4. The van der Waals surface area contributed by atoms with Crippen LogP contribution < -0.4 is 5.32 Å². The van der Waals surface area contributed by atoms with Gasteiger partial charge in [-0.15, -0.1) is 0 Å². The van der Waals surface area contributed by atoms with Gasteiger partial charge in [-0.3, -0.25) is 4.90 Å². The third-order valence-corrected chi connectivity index (χ3v) is 4.01. The molecule has 116 valence electrons. The second-order valence-corrected chi connectivity index (χ2v) is 5.84. The number of fused-ring (bicyclic) bond motifs is 1. The molecule has 2 aromatic rings. The second kappa shape index (κ2) is 7.05. The first kappa shape index (κ1) is 15.2. The van der Waals surface area contributed by atoms with Crippen LogP contribution >= 0.6 is 11.6 Å². The Morgan fingerprint density at radius 1 is 1.27 bits per heavy atom. The van der Waals surface area contributed by atoms with Crippen LogP contribution in [0.4, 0.5) is 5.82 Å². The van der Waals surface area contributed by atoms with Crippen LogP contribution in [0.25, 0.3) is 0 Å². The fraction of sp³-hybridized carbons (Fsp3) is 0.375. The summed E-state index contributed by atoms with van der Waals surface area (Å²) >= 11 is 5.73. The summed E-state index contributed by atoms with van der Waals surface area (Å²) in [5, 5.41) is 13.5. The Morgan fingerprint density at radius 2 is 2.09 bits per heavy atom. The van der Waals surface area contributed by atoms with Gasteiger partial charge in [-0.2, -0.15) is 0 Å². The number of hydrogen-bond acceptors (Lipinski definition) is 5. The zero-order valence-corrected chi connectivity index (χ0v) is 13.0. The third-order valence-electron chi connectivity index (χ3n) is 3.82. The number of β-amino-alcohol motifs (C(OH)–C–C–N with tert-alkyl or cyclic N) is 1. The molecule has 0 spiro atoms. The molecule has 5 nitrogen and oxygen atoms in total. The molecule has 0 amide bonds. The average molecular weight is 319 g/mol. The molecule has 0 radical (unpaired) electrons. The van der Waals surface area contributed by atoms with Crippen LogP contribution in [-0.2, 0) is 13.0 Å². The van der Waals surface area contributed by atoms with Gasteiger partial charge in [0.25, 0.3) is 0 Å². The highest BCUT2D eigenvalue weighted by molar-refractivity contribution is 6.28. The first-order valence-corrected chi connectivity index (χ1v) is 7.78. The Balaban J connectivity index is 1.49. The van der Waals surface area contributed by atoms with E-state index in [0.29, 0.717) is 18.9 Å². The lowest BCUT2D eigenvalue weighted by Gasteiger charge is -2.30. The van der Waals surface area contributed by atoms with E-state index in [4.69, 9.17) is 11.6 Å². The van der Waals surface area contributed by atoms with E-state index in [1.807, 2.05) is 0 Å². The molecule has 0 saturated carbocycles. The lowest BCUT2D eigenvalue weighted by Crippen LogP contribution is -2.39. The van der Waals surface area contributed by atoms with Gasteiger partial charge < -0.3 is 10.4 Å². The van der Waals surface area contributed by atoms with E-state index in [9.17, 15) is 5.11 Å². The molecular formula is C16H19ClN4O. The van der Waals surface area contributed by atoms with Gasteiger partial charge in [0.2, 0.25) is 5.28 Å². The zero-order valence-electron chi connectivity index (χ0n) is 12.2. The maximum absolute atomic E-state index is 10.2. The van der Waals surface area contributed by atoms with Gasteiger partial charge in [0, 0.05) is 32.4 Å². The summed E-state index contributed by atoms with van der Waals surface area (Å²) < 4.78 is 0. The minimum absolute atomic E-state index is 0.201. The van der Waals surface area contributed by atoms with E-state index >= 15 is 0 Å². The van der Waals surface area contributed by atoms with Crippen molar-refractivity contribution in [1.29, 1.82) is 0 Å². The number of rotatable bonds is 5. The van der Waals surface area contributed by atoms with Crippen molar-refractivity contribution in [3.8, 4) is 0 Å². The van der Waals surface area contributed by atoms with Crippen LogP contribution in [0.15, 0.2) is 36.5 Å². The Hall–Kier alpha value is -1.69. The summed E-state index contributed by atoms with van der Waals surface area (Å²) in [5.74, 6) is 0.628. The van der Waals surface area contributed by atoms with Crippen LogP contribution in [0, 0.1) is 0 Å². The number of aliphatic hydroxyl groups excluding tert-OH is 1. The normalized spacial score (nSPS) is 16.1. The molecule has 2 N–H and O–H groups in total. The van der Waals surface area contributed by atoms with Gasteiger partial charge in [0.05, 0.1) is 6.10 Å². The number of hydrogen-bond donors (Lipinski definition) is 2. The predicted octanol–water partition coefficient (Wildman–Crippen LogP) is 1.96. The lowest BCUT2D eigenvalue weighted by molar-refractivity contribution is 0.114. The number of nitrogens with zero attached hydrogens (tertiary/aromatic N) is 3. The topological polar surface area (TPSA) is 61.3 Å². The molecule has 1 aliphatic rings. The molecule has 1 aromatic carbocycles. The van der Waals surface area contributed by atoms with Crippen LogP contribution in [0.3, 0.4) is 0 Å². The molecule has 1 aliphatic heterocycles. The van der Waals surface area contributed by atoms with Gasteiger partial charge in [-0.05, 0) is 35.2 Å². The van der Waals surface area contributed by atoms with Crippen LogP contribution in [0.1, 0.15) is 11.1 Å². The lowest BCUT2D eigenvalue weighted by atomic mass is 10.00. The first-order chi connectivity index (χ1) is 10.7. The SMILES string of the molecule is OC(CNc1ccnc(Cl)n1)CN1CCc2ccccc2C1. The van der Waals surface area contributed by atoms with Gasteiger partial charge in [-0.1, -0.05) is 24.3 Å². The van der Waals surface area contributed by atoms with Gasteiger partial charge in [0.15, 0.2) is 0 Å². The van der Waals surface area contributed by atoms with Crippen molar-refractivity contribution in [2.45, 2.75) is 19.1 Å². The Labute approximate surface area is 135 Å². The van der Waals surface area contributed by atoms with Gasteiger partial charge >= 0.3 is 0 Å². The molecule has 1 atom stereocenters. The predicted molar refractivity (Wildman–Crippen MR) is 87.0 cm³/mol. The van der Waals surface area contributed by atoms with E-state index in [-0.39, 0.29) is 5.28 Å². The molecule has 1 aromatic heterocycles. The van der Waals surface area contributed by atoms with E-state index in [0.717, 1.165) is 19.5 Å². The fourth-order valence-corrected chi connectivity index (χ4v) is 2.88. The number of aromatic nitrogens is 2. The maximum Gasteiger partial charge on any atom is 0.224 e. The molecular weight excluding hydrogens is 300 g/mol. The van der Waals surface area contributed by atoms with Gasteiger partial charge in [-0.25, -0.2) is 9.97 Å². The quantitative estimate of drug-likeness (QED) is 0.825. The molecule has 2 heterocycles. The molecule has 3 rings (SSSR count). The van der Waals surface area contributed by atoms with Crippen LogP contribution in [0.2, 0.25) is 5.28 Å². The van der Waals surface area contributed by atoms with Crippen molar-refractivity contribution in [3.05, 3.63) is 52.9 Å². The maximum atomic E-state index is 10.2. The minimum atomic E-state index is -0.459. The van der Waals surface area contributed by atoms with Crippen molar-refractivity contribution in [3.63, 3.8) is 0 Å². The van der Waals surface area contributed by atoms with E-state index in [2.05, 4.69) is 44.5 Å². The minimum Gasteiger partial charge on any atom is -0.390 e. The molecule has 0 saturated heterocycles. The van der Waals surface area contributed by atoms with Crippen molar-refractivity contribution in [2.24, 2.45) is 0 Å². The fourth-order valence-electron chi connectivity index (χ4n) is 2.73. The highest BCUT2D eigenvalue weighted by Crippen LogP contribution is 2.18. The third kappa shape index (κ3) is 3.94. The van der Waals surface area contributed by atoms with Crippen LogP contribution in [-0.4, -0.2) is 45.7 Å². The smallest absolute Gasteiger partial charge is 0.224 e. The first-order valence-electron chi connectivity index (χ1n) is 7.40. The Bertz CT molecular complexity index is 637. The summed E-state index contributed by atoms with van der Waals surface area (Å²) in [6.07, 6.45) is 2.17. The Kier molecular flexibility index (Phi) is 4.87. The van der Waals surface area contributed by atoms with Crippen molar-refractivity contribution >= 4 is 17.4 Å². The van der Waals surface area contributed by atoms with Crippen molar-refractivity contribution < 1.29 is 5.11 Å². The molecule has 1 unspecified atom stereocenters. The molecule has 0 fully saturated rings. The van der Waals surface area contributed by atoms with Crippen LogP contribution in [0.5, 0.6) is 0 Å². The average Bonchev–Trinajstić information content (AvgIpc) is 2.53. The molecule has 0 aliphatic carbocycles. The second-order valence-electron chi connectivity index (χ2n) is 5.50. The number of benzene rings is 1. The summed E-state index contributed by atoms with van der Waals surface area (Å²) in [6.45, 7) is 2.95. The van der Waals surface area contributed by atoms with E-state index in [1.54, 1.807) is 12.3 Å². The Morgan fingerprint density at radius 3 is 2.91 bits per heavy atom. The van der Waals surface area contributed by atoms with Gasteiger partial charge in [0.1, 0.15) is 5.82 Å². The summed E-state index contributed by atoms with van der Waals surface area (Å²) in [7, 11) is 0. The highest BCUT2D eigenvalue weighted by atomic mass is 35.5. The monoisotopic (exact) mass is 318 g/mol. The highest BCUT2D eigenvalue weighted by Gasteiger charge is 2.18. The number of anilines is 1.